The lowest BCUT2D eigenvalue weighted by molar-refractivity contribution is 0.134. The maximum atomic E-state index is 3.02. The lowest BCUT2D eigenvalue weighted by Gasteiger charge is -2.51. The minimum atomic E-state index is -0.142. The van der Waals surface area contributed by atoms with E-state index in [1.54, 1.807) is 61.0 Å². The Morgan fingerprint density at radius 1 is 0.661 bits per heavy atom. The molecule has 0 bridgehead atoms. The van der Waals surface area contributed by atoms with Gasteiger partial charge < -0.3 is 4.90 Å². The first kappa shape index (κ1) is 34.9. The predicted molar refractivity (Wildman–Crippen MR) is 245 cm³/mol. The SMILES string of the molecule is CC1(C)c2ccccc2C2C=CC(N(C3=CCCC4C5C=CC=CC5C5(c6ccccc6-c6cc7c8c(c9c(c7cc65)CCCC9)C=CCC8)C34)C3C=CC=CC3)CC21. The first-order valence-corrected chi connectivity index (χ1v) is 23.4. The largest absolute Gasteiger partial charge is 0.362 e. The van der Waals surface area contributed by atoms with Gasteiger partial charge in [-0.15, -0.1) is 0 Å². The van der Waals surface area contributed by atoms with E-state index >= 15 is 0 Å². The van der Waals surface area contributed by atoms with Crippen LogP contribution in [0.3, 0.4) is 0 Å². The van der Waals surface area contributed by atoms with Gasteiger partial charge in [0.1, 0.15) is 0 Å². The van der Waals surface area contributed by atoms with E-state index in [4.69, 9.17) is 0 Å². The molecule has 1 fully saturated rings. The van der Waals surface area contributed by atoms with Crippen molar-refractivity contribution < 1.29 is 0 Å². The molecule has 0 N–H and O–H groups in total. The lowest BCUT2D eigenvalue weighted by atomic mass is 9.61. The topological polar surface area (TPSA) is 3.24 Å². The zero-order valence-electron chi connectivity index (χ0n) is 34.9. The third-order valence-electron chi connectivity index (χ3n) is 17.6. The lowest BCUT2D eigenvalue weighted by Crippen LogP contribution is -2.50. The van der Waals surface area contributed by atoms with Crippen LogP contribution >= 0.6 is 0 Å². The Bertz CT molecular complexity index is 2670. The highest BCUT2D eigenvalue weighted by molar-refractivity contribution is 6.00. The van der Waals surface area contributed by atoms with Gasteiger partial charge in [0.2, 0.25) is 0 Å². The van der Waals surface area contributed by atoms with Gasteiger partial charge in [-0.3, -0.25) is 0 Å². The molecule has 1 nitrogen and oxygen atoms in total. The summed E-state index contributed by atoms with van der Waals surface area (Å²) in [6.45, 7) is 5.07. The van der Waals surface area contributed by atoms with Gasteiger partial charge in [0.05, 0.1) is 6.04 Å². The van der Waals surface area contributed by atoms with E-state index < -0.39 is 0 Å². The highest BCUT2D eigenvalue weighted by Crippen LogP contribution is 2.70. The molecule has 0 heterocycles. The van der Waals surface area contributed by atoms with Crippen molar-refractivity contribution in [2.75, 3.05) is 0 Å². The van der Waals surface area contributed by atoms with Crippen molar-refractivity contribution >= 4 is 16.8 Å². The van der Waals surface area contributed by atoms with Crippen LogP contribution in [0.4, 0.5) is 0 Å². The van der Waals surface area contributed by atoms with E-state index in [9.17, 15) is 0 Å². The third-order valence-corrected chi connectivity index (χ3v) is 17.6. The summed E-state index contributed by atoms with van der Waals surface area (Å²) >= 11 is 0. The summed E-state index contributed by atoms with van der Waals surface area (Å²) in [5.74, 6) is 2.98. The van der Waals surface area contributed by atoms with Crippen molar-refractivity contribution in [3.8, 4) is 11.1 Å². The summed E-state index contributed by atoms with van der Waals surface area (Å²) in [6, 6.07) is 25.4. The summed E-state index contributed by atoms with van der Waals surface area (Å²) in [5, 5.41) is 3.13. The van der Waals surface area contributed by atoms with Gasteiger partial charge in [-0.05, 0) is 172 Å². The molecule has 294 valence electrons. The summed E-state index contributed by atoms with van der Waals surface area (Å²) < 4.78 is 0. The molecule has 59 heavy (non-hydrogen) atoms. The molecule has 0 aromatic heterocycles. The van der Waals surface area contributed by atoms with Crippen LogP contribution in [0.25, 0.3) is 28.0 Å². The fraction of sp³-hybridized carbons (Fsp3) is 0.379. The molecule has 4 aromatic rings. The molecule has 1 heteroatoms. The third kappa shape index (κ3) is 4.63. The van der Waals surface area contributed by atoms with Crippen molar-refractivity contribution in [2.24, 2.45) is 29.6 Å². The monoisotopic (exact) mass is 767 g/mol. The van der Waals surface area contributed by atoms with Crippen LogP contribution in [0.1, 0.15) is 109 Å². The molecule has 0 aliphatic heterocycles. The van der Waals surface area contributed by atoms with Crippen LogP contribution < -0.4 is 0 Å². The smallest absolute Gasteiger partial charge is 0.0513 e. The molecule has 1 spiro atoms. The van der Waals surface area contributed by atoms with E-state index in [0.717, 1.165) is 25.7 Å². The number of fused-ring (bicyclic) bond motifs is 19. The molecule has 4 aromatic carbocycles. The first-order chi connectivity index (χ1) is 29.0. The summed E-state index contributed by atoms with van der Waals surface area (Å²) in [6.07, 6.45) is 44.8. The Hall–Kier alpha value is -4.88. The number of hydrogen-bond donors (Lipinski definition) is 0. The average molecular weight is 768 g/mol. The Balaban J connectivity index is 1.04. The van der Waals surface area contributed by atoms with Crippen LogP contribution in [0.2, 0.25) is 0 Å². The van der Waals surface area contributed by atoms with Crippen molar-refractivity contribution in [3.05, 3.63) is 184 Å². The standard InChI is InChI=1S/C58H57N/c1-57(2)50-27-13-10-23-42(50)45-32-31-37(33-53(45)57)59(36-17-4-3-5-18-36)55-30-16-26-46-43-24-11-14-28-51(43)58(56(46)55)52-29-15-12-25-44(52)49-34-47-40-21-8-6-19-38(40)39-20-7-9-22-41(39)48(47)35-54(49)58/h3-6,10-15,17,19,23-25,27-32,34-37,43,45-46,51,53,56H,7-9,16,18,20-22,26,33H2,1-2H3. The Kier molecular flexibility index (Phi) is 7.59. The fourth-order valence-corrected chi connectivity index (χ4v) is 15.3. The summed E-state index contributed by atoms with van der Waals surface area (Å²) in [4.78, 5) is 3.02. The molecular formula is C58H57N. The number of rotatable bonds is 3. The first-order valence-electron chi connectivity index (χ1n) is 23.4. The molecule has 0 amide bonds. The fourth-order valence-electron chi connectivity index (χ4n) is 15.3. The maximum absolute atomic E-state index is 3.02. The number of benzene rings is 4. The number of allylic oxidation sites excluding steroid dienone is 10. The number of hydrogen-bond acceptors (Lipinski definition) is 1. The van der Waals surface area contributed by atoms with Gasteiger partial charge in [0, 0.05) is 29.0 Å². The second-order valence-corrected chi connectivity index (χ2v) is 20.2. The number of nitrogens with zero attached hydrogens (tertiary/aromatic N) is 1. The quantitative estimate of drug-likeness (QED) is 0.188. The Labute approximate surface area is 351 Å². The maximum Gasteiger partial charge on any atom is 0.0513 e. The van der Waals surface area contributed by atoms with Crippen molar-refractivity contribution in [2.45, 2.75) is 107 Å². The minimum Gasteiger partial charge on any atom is -0.362 e. The van der Waals surface area contributed by atoms with Crippen LogP contribution in [-0.4, -0.2) is 17.0 Å². The normalized spacial score (nSPS) is 33.2. The van der Waals surface area contributed by atoms with E-state index in [1.807, 2.05) is 0 Å². The molecule has 13 rings (SSSR count). The zero-order valence-corrected chi connectivity index (χ0v) is 34.9. The Morgan fingerprint density at radius 2 is 1.47 bits per heavy atom. The molecule has 0 radical (unpaired) electrons. The average Bonchev–Trinajstić information content (AvgIpc) is 3.85. The van der Waals surface area contributed by atoms with Gasteiger partial charge in [-0.25, -0.2) is 0 Å². The Morgan fingerprint density at radius 3 is 2.37 bits per heavy atom. The van der Waals surface area contributed by atoms with Crippen LogP contribution in [-0.2, 0) is 30.1 Å². The zero-order chi connectivity index (χ0) is 39.0. The number of aryl methyl sites for hydroxylation is 2. The van der Waals surface area contributed by atoms with Gasteiger partial charge in [0.15, 0.2) is 0 Å². The molecule has 0 saturated heterocycles. The van der Waals surface area contributed by atoms with Crippen molar-refractivity contribution in [1.82, 2.24) is 4.90 Å². The van der Waals surface area contributed by atoms with E-state index in [2.05, 4.69) is 158 Å². The van der Waals surface area contributed by atoms with Gasteiger partial charge in [-0.2, -0.15) is 0 Å². The van der Waals surface area contributed by atoms with Crippen LogP contribution in [0, 0.1) is 29.6 Å². The highest BCUT2D eigenvalue weighted by Gasteiger charge is 2.65. The molecule has 1 saturated carbocycles. The molecule has 9 aliphatic carbocycles. The van der Waals surface area contributed by atoms with Crippen molar-refractivity contribution in [3.63, 3.8) is 0 Å². The predicted octanol–water partition coefficient (Wildman–Crippen LogP) is 13.4. The molecule has 9 aliphatic rings. The summed E-state index contributed by atoms with van der Waals surface area (Å²) in [7, 11) is 0. The van der Waals surface area contributed by atoms with Crippen LogP contribution in [0.5, 0.6) is 0 Å². The highest BCUT2D eigenvalue weighted by atomic mass is 15.2. The van der Waals surface area contributed by atoms with Gasteiger partial charge in [-0.1, -0.05) is 141 Å². The molecular weight excluding hydrogens is 711 g/mol. The molecule has 9 unspecified atom stereocenters. The van der Waals surface area contributed by atoms with E-state index in [0.29, 0.717) is 47.6 Å². The molecule has 9 atom stereocenters. The summed E-state index contributed by atoms with van der Waals surface area (Å²) in [5.41, 5.74) is 17.5. The van der Waals surface area contributed by atoms with E-state index in [-0.39, 0.29) is 10.8 Å². The van der Waals surface area contributed by atoms with Crippen LogP contribution in [0.15, 0.2) is 139 Å². The second-order valence-electron chi connectivity index (χ2n) is 20.2. The van der Waals surface area contributed by atoms with Gasteiger partial charge in [0.25, 0.3) is 0 Å². The second kappa shape index (κ2) is 12.8. The van der Waals surface area contributed by atoms with Crippen molar-refractivity contribution in [1.29, 1.82) is 0 Å². The minimum absolute atomic E-state index is 0.138. The van der Waals surface area contributed by atoms with E-state index in [1.165, 1.54) is 49.7 Å². The van der Waals surface area contributed by atoms with Gasteiger partial charge >= 0.3 is 0 Å².